The first-order valence-electron chi connectivity index (χ1n) is 10.8. The Morgan fingerprint density at radius 2 is 0.889 bits per heavy atom. The van der Waals surface area contributed by atoms with Gasteiger partial charge in [-0.15, -0.1) is 0 Å². The summed E-state index contributed by atoms with van der Waals surface area (Å²) in [5, 5.41) is 0. The highest BCUT2D eigenvalue weighted by Crippen LogP contribution is 2.11. The molecule has 0 saturated carbocycles. The third-order valence-corrected chi connectivity index (χ3v) is 6.35. The molecule has 0 bridgehead atoms. The minimum absolute atomic E-state index is 0.644. The van der Waals surface area contributed by atoms with E-state index in [0.29, 0.717) is 26.4 Å². The van der Waals surface area contributed by atoms with Gasteiger partial charge in [0.15, 0.2) is 0 Å². The van der Waals surface area contributed by atoms with Gasteiger partial charge < -0.3 is 32.7 Å². The van der Waals surface area contributed by atoms with E-state index in [9.17, 15) is 0 Å². The number of nitrogens with zero attached hydrogens (tertiary/aromatic N) is 2. The van der Waals surface area contributed by atoms with Crippen molar-refractivity contribution in [1.29, 1.82) is 0 Å². The molecule has 7 nitrogen and oxygen atoms in total. The number of rotatable bonds is 14. The summed E-state index contributed by atoms with van der Waals surface area (Å²) in [6, 6.07) is 0. The van der Waals surface area contributed by atoms with Crippen LogP contribution in [-0.4, -0.2) is 127 Å². The lowest BCUT2D eigenvalue weighted by Gasteiger charge is -2.40. The zero-order valence-electron chi connectivity index (χ0n) is 17.7. The molecular weight excluding hydrogens is 348 g/mol. The maximum atomic E-state index is 5.76. The van der Waals surface area contributed by atoms with Gasteiger partial charge in [-0.1, -0.05) is 0 Å². The van der Waals surface area contributed by atoms with Crippen molar-refractivity contribution >= 4 is 0 Å². The lowest BCUT2D eigenvalue weighted by Crippen LogP contribution is -2.56. The van der Waals surface area contributed by atoms with Crippen LogP contribution in [0.3, 0.4) is 0 Å². The van der Waals surface area contributed by atoms with Crippen LogP contribution in [0.25, 0.3) is 0 Å². The third-order valence-electron chi connectivity index (χ3n) is 6.35. The average molecular weight is 391 g/mol. The molecule has 0 radical (unpaired) electrons. The maximum Gasteiger partial charge on any atom is 0.103 e. The van der Waals surface area contributed by atoms with Crippen LogP contribution in [0.1, 0.15) is 13.8 Å². The van der Waals surface area contributed by atoms with Crippen molar-refractivity contribution in [3.63, 3.8) is 0 Å². The molecule has 0 aliphatic carbocycles. The highest BCUT2D eigenvalue weighted by Gasteiger charge is 2.28. The second-order valence-electron chi connectivity index (χ2n) is 7.72. The zero-order chi connectivity index (χ0) is 19.3. The molecule has 2 aliphatic heterocycles. The van der Waals surface area contributed by atoms with E-state index in [4.69, 9.17) is 23.7 Å². The van der Waals surface area contributed by atoms with Crippen LogP contribution < -0.4 is 0 Å². The number of quaternary nitrogens is 2. The van der Waals surface area contributed by atoms with E-state index in [0.717, 1.165) is 101 Å². The Hall–Kier alpha value is -0.280. The van der Waals surface area contributed by atoms with Gasteiger partial charge in [-0.25, -0.2) is 0 Å². The molecule has 2 heterocycles. The van der Waals surface area contributed by atoms with E-state index < -0.39 is 0 Å². The maximum absolute atomic E-state index is 5.76. The molecule has 0 aromatic heterocycles. The molecule has 2 aliphatic rings. The molecule has 2 rings (SSSR count). The molecule has 0 aromatic carbocycles. The standard InChI is InChI=1S/C20H42N2O5/c1-3-21(5-11-23-12-6-21)9-15-25-17-19-27-20-18-26-16-10-22(4-2)7-13-24-14-8-22/h3-20H2,1-2H3/q+2. The van der Waals surface area contributed by atoms with Gasteiger partial charge in [0.25, 0.3) is 0 Å². The highest BCUT2D eigenvalue weighted by molar-refractivity contribution is 4.50. The van der Waals surface area contributed by atoms with Gasteiger partial charge in [0, 0.05) is 0 Å². The lowest BCUT2D eigenvalue weighted by molar-refractivity contribution is -0.933. The summed E-state index contributed by atoms with van der Waals surface area (Å²) in [4.78, 5) is 0. The van der Waals surface area contributed by atoms with Crippen LogP contribution in [0, 0.1) is 0 Å². The van der Waals surface area contributed by atoms with Crippen molar-refractivity contribution in [2.45, 2.75) is 13.8 Å². The molecule has 0 unspecified atom stereocenters. The van der Waals surface area contributed by atoms with Gasteiger partial charge in [0.1, 0.15) is 39.3 Å². The molecule has 27 heavy (non-hydrogen) atoms. The van der Waals surface area contributed by atoms with Crippen molar-refractivity contribution in [3.8, 4) is 0 Å². The van der Waals surface area contributed by atoms with Gasteiger partial charge in [-0.3, -0.25) is 0 Å². The first-order chi connectivity index (χ1) is 13.2. The van der Waals surface area contributed by atoms with Gasteiger partial charge in [0.2, 0.25) is 0 Å². The molecule has 0 amide bonds. The molecule has 2 fully saturated rings. The minimum Gasteiger partial charge on any atom is -0.377 e. The largest absolute Gasteiger partial charge is 0.377 e. The first kappa shape index (κ1) is 23.0. The van der Waals surface area contributed by atoms with Gasteiger partial charge in [-0.2, -0.15) is 0 Å². The highest BCUT2D eigenvalue weighted by atomic mass is 16.5. The second-order valence-corrected chi connectivity index (χ2v) is 7.72. The zero-order valence-corrected chi connectivity index (χ0v) is 17.7. The molecule has 0 aromatic rings. The van der Waals surface area contributed by atoms with Crippen LogP contribution >= 0.6 is 0 Å². The summed E-state index contributed by atoms with van der Waals surface area (Å²) in [5.74, 6) is 0. The van der Waals surface area contributed by atoms with E-state index in [2.05, 4.69) is 13.8 Å². The Balaban J connectivity index is 1.39. The topological polar surface area (TPSA) is 46.2 Å². The predicted octanol–water partition coefficient (Wildman–Crippen LogP) is 0.770. The van der Waals surface area contributed by atoms with Crippen molar-refractivity contribution in [2.24, 2.45) is 0 Å². The minimum atomic E-state index is 0.644. The third kappa shape index (κ3) is 8.31. The van der Waals surface area contributed by atoms with Crippen LogP contribution in [0.2, 0.25) is 0 Å². The van der Waals surface area contributed by atoms with Crippen LogP contribution in [0.15, 0.2) is 0 Å². The fraction of sp³-hybridized carbons (Fsp3) is 1.00. The molecule has 0 N–H and O–H groups in total. The monoisotopic (exact) mass is 390 g/mol. The number of ether oxygens (including phenoxy) is 5. The SMILES string of the molecule is CC[N+]1(CCOCCOCCOCC[N+]2(CC)CCOCC2)CCOCC1. The van der Waals surface area contributed by atoms with Gasteiger partial charge in [0.05, 0.1) is 79.2 Å². The number of hydrogen-bond donors (Lipinski definition) is 0. The van der Waals surface area contributed by atoms with Crippen LogP contribution in [0.4, 0.5) is 0 Å². The number of morpholine rings is 2. The summed E-state index contributed by atoms with van der Waals surface area (Å²) in [7, 11) is 0. The fourth-order valence-corrected chi connectivity index (χ4v) is 3.91. The van der Waals surface area contributed by atoms with E-state index in [1.807, 2.05) is 0 Å². The lowest BCUT2D eigenvalue weighted by atomic mass is 10.3. The molecule has 0 spiro atoms. The Labute approximate surface area is 165 Å². The summed E-state index contributed by atoms with van der Waals surface area (Å²) in [5.41, 5.74) is 0. The quantitative estimate of drug-likeness (QED) is 0.324. The number of hydrogen-bond acceptors (Lipinski definition) is 5. The van der Waals surface area contributed by atoms with E-state index in [1.165, 1.54) is 0 Å². The van der Waals surface area contributed by atoms with E-state index in [1.54, 1.807) is 0 Å². The Kier molecular flexibility index (Phi) is 11.1. The summed E-state index contributed by atoms with van der Waals surface area (Å²) >= 11 is 0. The average Bonchev–Trinajstić information content (AvgIpc) is 2.73. The molecule has 7 heteroatoms. The van der Waals surface area contributed by atoms with Crippen molar-refractivity contribution < 1.29 is 32.7 Å². The Morgan fingerprint density at radius 1 is 0.556 bits per heavy atom. The van der Waals surface area contributed by atoms with E-state index >= 15 is 0 Å². The van der Waals surface area contributed by atoms with Crippen molar-refractivity contribution in [2.75, 3.05) is 118 Å². The summed E-state index contributed by atoms with van der Waals surface area (Å²) in [6.07, 6.45) is 0. The number of likely N-dealkylation sites (N-methyl/N-ethyl adjacent to an activating group) is 2. The van der Waals surface area contributed by atoms with Crippen molar-refractivity contribution in [1.82, 2.24) is 0 Å². The fourth-order valence-electron chi connectivity index (χ4n) is 3.91. The van der Waals surface area contributed by atoms with Crippen LogP contribution in [0.5, 0.6) is 0 Å². The van der Waals surface area contributed by atoms with Gasteiger partial charge in [-0.05, 0) is 13.8 Å². The molecule has 2 saturated heterocycles. The van der Waals surface area contributed by atoms with Gasteiger partial charge >= 0.3 is 0 Å². The second kappa shape index (κ2) is 13.0. The molecule has 0 atom stereocenters. The first-order valence-corrected chi connectivity index (χ1v) is 10.8. The normalized spacial score (nSPS) is 22.0. The van der Waals surface area contributed by atoms with E-state index in [-0.39, 0.29) is 0 Å². The molecule has 160 valence electrons. The van der Waals surface area contributed by atoms with Crippen LogP contribution in [-0.2, 0) is 23.7 Å². The summed E-state index contributed by atoms with van der Waals surface area (Å²) in [6.45, 7) is 21.2. The smallest absolute Gasteiger partial charge is 0.103 e. The van der Waals surface area contributed by atoms with Crippen molar-refractivity contribution in [3.05, 3.63) is 0 Å². The Bertz CT molecular complexity index is 337. The predicted molar refractivity (Wildman–Crippen MR) is 105 cm³/mol. The summed E-state index contributed by atoms with van der Waals surface area (Å²) < 4.78 is 30.3. The molecular formula is C20H42N2O5+2. The Morgan fingerprint density at radius 3 is 1.22 bits per heavy atom.